The summed E-state index contributed by atoms with van der Waals surface area (Å²) in [6.45, 7) is 5.44. The van der Waals surface area contributed by atoms with Crippen LogP contribution in [0, 0.1) is 11.6 Å². The van der Waals surface area contributed by atoms with Crippen molar-refractivity contribution in [3.8, 4) is 5.75 Å². The summed E-state index contributed by atoms with van der Waals surface area (Å²) in [5, 5.41) is 3.00. The maximum atomic E-state index is 15.1. The molecule has 1 N–H and O–H groups in total. The number of hydrogen-bond acceptors (Lipinski definition) is 4. The van der Waals surface area contributed by atoms with Gasteiger partial charge in [0, 0.05) is 18.0 Å². The highest BCUT2D eigenvalue weighted by molar-refractivity contribution is 7.92. The van der Waals surface area contributed by atoms with Crippen molar-refractivity contribution in [1.29, 1.82) is 0 Å². The van der Waals surface area contributed by atoms with Crippen molar-refractivity contribution in [2.24, 2.45) is 0 Å². The summed E-state index contributed by atoms with van der Waals surface area (Å²) in [6.07, 6.45) is 0.335. The molecule has 0 aliphatic carbocycles. The molecule has 1 heterocycles. The molecule has 0 unspecified atom stereocenters. The molecule has 1 aliphatic heterocycles. The van der Waals surface area contributed by atoms with Gasteiger partial charge in [0.05, 0.1) is 10.5 Å². The second-order valence-corrected chi connectivity index (χ2v) is 9.83. The smallest absolute Gasteiger partial charge is 0.219 e. The van der Waals surface area contributed by atoms with E-state index in [4.69, 9.17) is 16.3 Å². The monoisotopic (exact) mass is 469 g/mol. The molecule has 1 amide bonds. The predicted octanol–water partition coefficient (Wildman–Crippen LogP) is 4.54. The first-order valence-electron chi connectivity index (χ1n) is 9.71. The molecule has 9 heteroatoms. The molecule has 5 nitrogen and oxygen atoms in total. The van der Waals surface area contributed by atoms with E-state index in [0.717, 1.165) is 12.1 Å². The number of carbonyl (C=O) groups excluding carboxylic acids is 1. The van der Waals surface area contributed by atoms with Gasteiger partial charge in [0.15, 0.2) is 21.4 Å². The molecule has 1 atom stereocenters. The van der Waals surface area contributed by atoms with Gasteiger partial charge >= 0.3 is 0 Å². The van der Waals surface area contributed by atoms with Crippen molar-refractivity contribution in [2.45, 2.75) is 35.8 Å². The van der Waals surface area contributed by atoms with E-state index in [1.165, 1.54) is 24.3 Å². The van der Waals surface area contributed by atoms with Crippen LogP contribution in [0.25, 0.3) is 0 Å². The zero-order chi connectivity index (χ0) is 22.8. The van der Waals surface area contributed by atoms with Gasteiger partial charge < -0.3 is 10.1 Å². The van der Waals surface area contributed by atoms with Gasteiger partial charge in [0.25, 0.3) is 0 Å². The number of hydrogen-bond donors (Lipinski definition) is 1. The van der Waals surface area contributed by atoms with E-state index in [0.29, 0.717) is 5.02 Å². The topological polar surface area (TPSA) is 72.5 Å². The lowest BCUT2D eigenvalue weighted by molar-refractivity contribution is -0.120. The Morgan fingerprint density at radius 1 is 1.19 bits per heavy atom. The molecule has 0 saturated carbocycles. The number of benzene rings is 2. The van der Waals surface area contributed by atoms with E-state index in [1.54, 1.807) is 6.92 Å². The largest absolute Gasteiger partial charge is 0.486 e. The number of rotatable bonds is 7. The van der Waals surface area contributed by atoms with Gasteiger partial charge in [-0.1, -0.05) is 25.1 Å². The first-order chi connectivity index (χ1) is 14.6. The van der Waals surface area contributed by atoms with Gasteiger partial charge in [0.1, 0.15) is 17.2 Å². The van der Waals surface area contributed by atoms with Crippen molar-refractivity contribution >= 4 is 27.3 Å². The second kappa shape index (κ2) is 8.96. The molecular weight excluding hydrogens is 448 g/mol. The van der Waals surface area contributed by atoms with Crippen LogP contribution in [0.1, 0.15) is 31.7 Å². The molecule has 0 aromatic heterocycles. The second-order valence-electron chi connectivity index (χ2n) is 7.22. The standard InChI is InChI=1S/C22H22ClF2NO4S/c1-3-19(27)26-12-4-11-22(31(28,29)16-7-5-15(23)6-8-16)14(2)13-30-21-18(25)10-9-17(24)20(21)22/h5-10H,2-4,11-13H2,1H3,(H,26,27)/t22-/m1/s1. The fourth-order valence-electron chi connectivity index (χ4n) is 3.77. The minimum Gasteiger partial charge on any atom is -0.486 e. The lowest BCUT2D eigenvalue weighted by atomic mass is 9.84. The Kier molecular flexibility index (Phi) is 6.71. The lowest BCUT2D eigenvalue weighted by Crippen LogP contribution is -2.44. The Labute approximate surface area is 185 Å². The van der Waals surface area contributed by atoms with E-state index in [9.17, 15) is 17.6 Å². The van der Waals surface area contributed by atoms with Crippen LogP contribution in [0.5, 0.6) is 5.75 Å². The van der Waals surface area contributed by atoms with E-state index in [1.807, 2.05) is 0 Å². The molecule has 0 fully saturated rings. The maximum absolute atomic E-state index is 15.1. The Morgan fingerprint density at radius 3 is 2.48 bits per heavy atom. The average Bonchev–Trinajstić information content (AvgIpc) is 2.74. The number of carbonyl (C=O) groups is 1. The van der Waals surface area contributed by atoms with Crippen LogP contribution in [0.2, 0.25) is 5.02 Å². The quantitative estimate of drug-likeness (QED) is 0.477. The van der Waals surface area contributed by atoms with Crippen molar-refractivity contribution in [2.75, 3.05) is 13.2 Å². The lowest BCUT2D eigenvalue weighted by Gasteiger charge is -2.40. The van der Waals surface area contributed by atoms with E-state index < -0.39 is 37.5 Å². The van der Waals surface area contributed by atoms with Crippen LogP contribution in [0.15, 0.2) is 53.4 Å². The molecule has 31 heavy (non-hydrogen) atoms. The van der Waals surface area contributed by atoms with Crippen molar-refractivity contribution < 1.29 is 26.7 Å². The highest BCUT2D eigenvalue weighted by Gasteiger charge is 2.54. The third-order valence-corrected chi connectivity index (χ3v) is 8.12. The van der Waals surface area contributed by atoms with Crippen molar-refractivity contribution in [3.63, 3.8) is 0 Å². The summed E-state index contributed by atoms with van der Waals surface area (Å²) < 4.78 is 60.8. The third-order valence-electron chi connectivity index (χ3n) is 5.36. The number of halogens is 3. The average molecular weight is 470 g/mol. The summed E-state index contributed by atoms with van der Waals surface area (Å²) in [5.41, 5.74) is -0.318. The number of nitrogens with one attached hydrogen (secondary N) is 1. The molecule has 0 spiro atoms. The molecular formula is C22H22ClF2NO4S. The van der Waals surface area contributed by atoms with Crippen LogP contribution in [-0.2, 0) is 19.4 Å². The molecule has 0 radical (unpaired) electrons. The van der Waals surface area contributed by atoms with E-state index in [-0.39, 0.29) is 48.8 Å². The van der Waals surface area contributed by atoms with Gasteiger partial charge in [-0.3, -0.25) is 4.79 Å². The van der Waals surface area contributed by atoms with Crippen molar-refractivity contribution in [3.05, 3.63) is 70.8 Å². The van der Waals surface area contributed by atoms with Gasteiger partial charge in [-0.2, -0.15) is 0 Å². The molecule has 2 aromatic rings. The van der Waals surface area contributed by atoms with Gasteiger partial charge in [-0.15, -0.1) is 0 Å². The van der Waals surface area contributed by atoms with E-state index in [2.05, 4.69) is 11.9 Å². The Balaban J connectivity index is 2.19. The van der Waals surface area contributed by atoms with Gasteiger partial charge in [0.2, 0.25) is 5.91 Å². The number of ether oxygens (including phenoxy) is 1. The van der Waals surface area contributed by atoms with E-state index >= 15 is 4.39 Å². The molecule has 1 aliphatic rings. The fraction of sp³-hybridized carbons (Fsp3) is 0.318. The Morgan fingerprint density at radius 2 is 1.84 bits per heavy atom. The zero-order valence-corrected chi connectivity index (χ0v) is 18.5. The molecule has 166 valence electrons. The van der Waals surface area contributed by atoms with Crippen LogP contribution < -0.4 is 10.1 Å². The van der Waals surface area contributed by atoms with Crippen LogP contribution in [0.4, 0.5) is 8.78 Å². The minimum absolute atomic E-state index is 0.0845. The summed E-state index contributed by atoms with van der Waals surface area (Å²) in [4.78, 5) is 11.5. The first-order valence-corrected chi connectivity index (χ1v) is 11.6. The summed E-state index contributed by atoms with van der Waals surface area (Å²) in [6, 6.07) is 7.23. The highest BCUT2D eigenvalue weighted by Crippen LogP contribution is 2.52. The molecule has 3 rings (SSSR count). The molecule has 0 bridgehead atoms. The Bertz CT molecular complexity index is 1120. The third kappa shape index (κ3) is 4.06. The normalized spacial score (nSPS) is 18.3. The maximum Gasteiger partial charge on any atom is 0.219 e. The zero-order valence-electron chi connectivity index (χ0n) is 16.9. The summed E-state index contributed by atoms with van der Waals surface area (Å²) in [7, 11) is -4.31. The van der Waals surface area contributed by atoms with Gasteiger partial charge in [-0.25, -0.2) is 17.2 Å². The Hall–Kier alpha value is -2.45. The predicted molar refractivity (Wildman–Crippen MR) is 114 cm³/mol. The highest BCUT2D eigenvalue weighted by atomic mass is 35.5. The van der Waals surface area contributed by atoms with Crippen LogP contribution in [-0.4, -0.2) is 27.5 Å². The summed E-state index contributed by atoms with van der Waals surface area (Å²) in [5.74, 6) is -2.41. The number of fused-ring (bicyclic) bond motifs is 1. The van der Waals surface area contributed by atoms with Crippen molar-refractivity contribution in [1.82, 2.24) is 5.32 Å². The summed E-state index contributed by atoms with van der Waals surface area (Å²) >= 11 is 5.90. The fourth-order valence-corrected chi connectivity index (χ4v) is 6.10. The number of sulfone groups is 1. The SMILES string of the molecule is C=C1COc2c(F)ccc(F)c2[C@]1(CCCNC(=O)CC)S(=O)(=O)c1ccc(Cl)cc1. The first kappa shape index (κ1) is 23.2. The van der Waals surface area contributed by atoms with Crippen LogP contribution in [0.3, 0.4) is 0 Å². The van der Waals surface area contributed by atoms with Crippen LogP contribution >= 0.6 is 11.6 Å². The minimum atomic E-state index is -4.31. The van der Waals surface area contributed by atoms with Gasteiger partial charge in [-0.05, 0) is 54.8 Å². The molecule has 0 saturated heterocycles. The molecule has 2 aromatic carbocycles. The number of amides is 1.